The number of anilines is 3. The van der Waals surface area contributed by atoms with Gasteiger partial charge in [0.25, 0.3) is 0 Å². The Morgan fingerprint density at radius 2 is 1.61 bits per heavy atom. The van der Waals surface area contributed by atoms with Gasteiger partial charge < -0.3 is 20.3 Å². The summed E-state index contributed by atoms with van der Waals surface area (Å²) in [6.07, 6.45) is 0. The van der Waals surface area contributed by atoms with Gasteiger partial charge in [0.1, 0.15) is 5.75 Å². The van der Waals surface area contributed by atoms with Crippen molar-refractivity contribution in [3.63, 3.8) is 0 Å². The van der Waals surface area contributed by atoms with E-state index in [4.69, 9.17) is 4.74 Å². The standard InChI is InChI=1S/C23H28N4O4/c1-16(28)18-4-7-20(8-5-18)27-12-10-26(11-13-27)15-23(30)25-21-14-19(24-17(2)29)6-9-22(21)31-3/h4-9,14H,10-13,15H2,1-3H3,(H,24,29)(H,25,30). The highest BCUT2D eigenvalue weighted by atomic mass is 16.5. The topological polar surface area (TPSA) is 91.0 Å². The Labute approximate surface area is 182 Å². The molecule has 8 nitrogen and oxygen atoms in total. The van der Waals surface area contributed by atoms with Crippen LogP contribution in [0.4, 0.5) is 17.1 Å². The number of hydrogen-bond donors (Lipinski definition) is 2. The number of methoxy groups -OCH3 is 1. The van der Waals surface area contributed by atoms with E-state index in [1.54, 1.807) is 25.1 Å². The fourth-order valence-electron chi connectivity index (χ4n) is 3.55. The van der Waals surface area contributed by atoms with E-state index < -0.39 is 0 Å². The lowest BCUT2D eigenvalue weighted by Crippen LogP contribution is -2.48. The summed E-state index contributed by atoms with van der Waals surface area (Å²) >= 11 is 0. The van der Waals surface area contributed by atoms with E-state index in [9.17, 15) is 14.4 Å². The number of nitrogens with zero attached hydrogens (tertiary/aromatic N) is 2. The smallest absolute Gasteiger partial charge is 0.238 e. The molecule has 0 aliphatic carbocycles. The molecular formula is C23H28N4O4. The van der Waals surface area contributed by atoms with Crippen LogP contribution in [0.15, 0.2) is 42.5 Å². The number of rotatable bonds is 7. The molecule has 1 saturated heterocycles. The summed E-state index contributed by atoms with van der Waals surface area (Å²) in [4.78, 5) is 39.7. The molecule has 2 N–H and O–H groups in total. The van der Waals surface area contributed by atoms with E-state index in [0.717, 1.165) is 31.9 Å². The summed E-state index contributed by atoms with van der Waals surface area (Å²) in [6, 6.07) is 12.7. The van der Waals surface area contributed by atoms with Gasteiger partial charge >= 0.3 is 0 Å². The number of piperazine rings is 1. The summed E-state index contributed by atoms with van der Waals surface area (Å²) in [5.41, 5.74) is 2.89. The molecule has 1 fully saturated rings. The monoisotopic (exact) mass is 424 g/mol. The molecule has 0 spiro atoms. The van der Waals surface area contributed by atoms with Gasteiger partial charge in [-0.05, 0) is 49.4 Å². The SMILES string of the molecule is COc1ccc(NC(C)=O)cc1NC(=O)CN1CCN(c2ccc(C(C)=O)cc2)CC1. The fraction of sp³-hybridized carbons (Fsp3) is 0.348. The number of Topliss-reactive ketones (excluding diaryl/α,β-unsaturated/α-hetero) is 1. The Bertz CT molecular complexity index is 951. The molecule has 1 heterocycles. The molecule has 0 unspecified atom stereocenters. The predicted octanol–water partition coefficient (Wildman–Crippen LogP) is 2.62. The molecule has 0 aromatic heterocycles. The molecule has 0 saturated carbocycles. The van der Waals surface area contributed by atoms with Crippen molar-refractivity contribution in [2.24, 2.45) is 0 Å². The average Bonchev–Trinajstić information content (AvgIpc) is 2.74. The minimum Gasteiger partial charge on any atom is -0.495 e. The summed E-state index contributed by atoms with van der Waals surface area (Å²) in [7, 11) is 1.53. The number of ether oxygens (including phenoxy) is 1. The molecule has 1 aliphatic rings. The van der Waals surface area contributed by atoms with E-state index in [0.29, 0.717) is 22.7 Å². The number of hydrogen-bond acceptors (Lipinski definition) is 6. The first-order valence-electron chi connectivity index (χ1n) is 10.2. The average molecular weight is 425 g/mol. The first-order chi connectivity index (χ1) is 14.9. The molecule has 2 aromatic rings. The quantitative estimate of drug-likeness (QED) is 0.664. The van der Waals surface area contributed by atoms with Crippen LogP contribution in [0.5, 0.6) is 5.75 Å². The van der Waals surface area contributed by atoms with Gasteiger partial charge in [-0.2, -0.15) is 0 Å². The highest BCUT2D eigenvalue weighted by Gasteiger charge is 2.20. The van der Waals surface area contributed by atoms with Gasteiger partial charge in [-0.25, -0.2) is 0 Å². The van der Waals surface area contributed by atoms with Crippen LogP contribution in [-0.4, -0.2) is 62.3 Å². The van der Waals surface area contributed by atoms with E-state index >= 15 is 0 Å². The lowest BCUT2D eigenvalue weighted by atomic mass is 10.1. The van der Waals surface area contributed by atoms with Crippen molar-refractivity contribution in [3.8, 4) is 5.75 Å². The van der Waals surface area contributed by atoms with Crippen LogP contribution in [0.3, 0.4) is 0 Å². The van der Waals surface area contributed by atoms with E-state index in [1.807, 2.05) is 24.3 Å². The molecular weight excluding hydrogens is 396 g/mol. The fourth-order valence-corrected chi connectivity index (χ4v) is 3.55. The normalized spacial score (nSPS) is 14.1. The van der Waals surface area contributed by atoms with Gasteiger partial charge in [-0.3, -0.25) is 19.3 Å². The summed E-state index contributed by atoms with van der Waals surface area (Å²) in [5.74, 6) is 0.261. The molecule has 3 rings (SSSR count). The number of nitrogens with one attached hydrogen (secondary N) is 2. The third-order valence-electron chi connectivity index (χ3n) is 5.17. The molecule has 0 atom stereocenters. The van der Waals surface area contributed by atoms with Crippen LogP contribution in [0.2, 0.25) is 0 Å². The first kappa shape index (κ1) is 22.3. The summed E-state index contributed by atoms with van der Waals surface area (Å²) in [6.45, 7) is 6.37. The van der Waals surface area contributed by atoms with Crippen molar-refractivity contribution in [1.82, 2.24) is 4.90 Å². The van der Waals surface area contributed by atoms with Crippen LogP contribution < -0.4 is 20.3 Å². The third-order valence-corrected chi connectivity index (χ3v) is 5.17. The van der Waals surface area contributed by atoms with E-state index in [1.165, 1.54) is 14.0 Å². The van der Waals surface area contributed by atoms with Gasteiger partial charge in [0.05, 0.1) is 19.3 Å². The summed E-state index contributed by atoms with van der Waals surface area (Å²) in [5, 5.41) is 5.58. The second-order valence-corrected chi connectivity index (χ2v) is 7.51. The first-order valence-corrected chi connectivity index (χ1v) is 10.2. The van der Waals surface area contributed by atoms with Crippen molar-refractivity contribution in [2.75, 3.05) is 55.4 Å². The molecule has 8 heteroatoms. The Balaban J connectivity index is 1.54. The molecule has 2 amide bonds. The summed E-state index contributed by atoms with van der Waals surface area (Å²) < 4.78 is 5.31. The Morgan fingerprint density at radius 1 is 0.935 bits per heavy atom. The maximum absolute atomic E-state index is 12.6. The van der Waals surface area contributed by atoms with Crippen molar-refractivity contribution in [2.45, 2.75) is 13.8 Å². The van der Waals surface area contributed by atoms with Gasteiger partial charge in [-0.15, -0.1) is 0 Å². The second kappa shape index (κ2) is 10.1. The molecule has 31 heavy (non-hydrogen) atoms. The lowest BCUT2D eigenvalue weighted by Gasteiger charge is -2.35. The third kappa shape index (κ3) is 6.05. The number of ketones is 1. The van der Waals surface area contributed by atoms with Crippen molar-refractivity contribution in [3.05, 3.63) is 48.0 Å². The van der Waals surface area contributed by atoms with Crippen LogP contribution in [0, 0.1) is 0 Å². The number of amides is 2. The minimum absolute atomic E-state index is 0.0571. The Morgan fingerprint density at radius 3 is 2.19 bits per heavy atom. The van der Waals surface area contributed by atoms with Crippen molar-refractivity contribution in [1.29, 1.82) is 0 Å². The Hall–Kier alpha value is -3.39. The number of carbonyl (C=O) groups excluding carboxylic acids is 3. The highest BCUT2D eigenvalue weighted by molar-refractivity contribution is 5.96. The van der Waals surface area contributed by atoms with Gasteiger partial charge in [0, 0.05) is 50.0 Å². The highest BCUT2D eigenvalue weighted by Crippen LogP contribution is 2.28. The van der Waals surface area contributed by atoms with Crippen molar-refractivity contribution >= 4 is 34.7 Å². The second-order valence-electron chi connectivity index (χ2n) is 7.51. The molecule has 0 bridgehead atoms. The van der Waals surface area contributed by atoms with Crippen molar-refractivity contribution < 1.29 is 19.1 Å². The molecule has 2 aromatic carbocycles. The maximum Gasteiger partial charge on any atom is 0.238 e. The van der Waals surface area contributed by atoms with Crippen LogP contribution in [0.1, 0.15) is 24.2 Å². The maximum atomic E-state index is 12.6. The van der Waals surface area contributed by atoms with Crippen LogP contribution in [-0.2, 0) is 9.59 Å². The van der Waals surface area contributed by atoms with Crippen LogP contribution >= 0.6 is 0 Å². The number of benzene rings is 2. The molecule has 1 aliphatic heterocycles. The minimum atomic E-state index is -0.184. The van der Waals surface area contributed by atoms with Gasteiger partial charge in [0.15, 0.2) is 5.78 Å². The zero-order valence-electron chi connectivity index (χ0n) is 18.1. The predicted molar refractivity (Wildman–Crippen MR) is 121 cm³/mol. The zero-order chi connectivity index (χ0) is 22.4. The van der Waals surface area contributed by atoms with Crippen LogP contribution in [0.25, 0.3) is 0 Å². The molecule has 0 radical (unpaired) electrons. The molecule has 164 valence electrons. The van der Waals surface area contributed by atoms with E-state index in [-0.39, 0.29) is 24.1 Å². The Kier molecular flexibility index (Phi) is 7.25. The van der Waals surface area contributed by atoms with Gasteiger partial charge in [0.2, 0.25) is 11.8 Å². The van der Waals surface area contributed by atoms with E-state index in [2.05, 4.69) is 20.4 Å². The largest absolute Gasteiger partial charge is 0.495 e. The number of carbonyl (C=O) groups is 3. The lowest BCUT2D eigenvalue weighted by molar-refractivity contribution is -0.117. The zero-order valence-corrected chi connectivity index (χ0v) is 18.1. The van der Waals surface area contributed by atoms with Gasteiger partial charge in [-0.1, -0.05) is 0 Å².